The molecule has 0 saturated heterocycles. The van der Waals surface area contributed by atoms with Gasteiger partial charge in [0.05, 0.1) is 0 Å². The van der Waals surface area contributed by atoms with Crippen LogP contribution in [-0.2, 0) is 13.0 Å². The molecule has 0 fully saturated rings. The molecule has 100 valence electrons. The van der Waals surface area contributed by atoms with Crippen LogP contribution in [0, 0.1) is 11.8 Å². The summed E-state index contributed by atoms with van der Waals surface area (Å²) in [5.41, 5.74) is 4.62. The predicted molar refractivity (Wildman–Crippen MR) is 78.9 cm³/mol. The van der Waals surface area contributed by atoms with Crippen molar-refractivity contribution in [1.82, 2.24) is 5.32 Å². The van der Waals surface area contributed by atoms with E-state index in [-0.39, 0.29) is 0 Å². The molecule has 1 heterocycles. The van der Waals surface area contributed by atoms with Gasteiger partial charge in [-0.15, -0.1) is 0 Å². The normalized spacial score (nSPS) is 19.3. The Hall–Kier alpha value is -0.820. The van der Waals surface area contributed by atoms with Gasteiger partial charge in [0.25, 0.3) is 0 Å². The molecule has 0 spiro atoms. The molecule has 1 heteroatoms. The Labute approximate surface area is 112 Å². The third-order valence-electron chi connectivity index (χ3n) is 3.75. The molecule has 1 unspecified atom stereocenters. The third kappa shape index (κ3) is 3.35. The molecular weight excluding hydrogens is 218 g/mol. The van der Waals surface area contributed by atoms with Crippen molar-refractivity contribution in [2.45, 2.75) is 53.0 Å². The average Bonchev–Trinajstić information content (AvgIpc) is 2.27. The number of nitrogens with one attached hydrogen (secondary N) is 1. The zero-order chi connectivity index (χ0) is 13.1. The molecule has 0 saturated carbocycles. The minimum Gasteiger partial charge on any atom is -0.312 e. The second kappa shape index (κ2) is 5.88. The van der Waals surface area contributed by atoms with Crippen LogP contribution in [0.25, 0.3) is 0 Å². The van der Waals surface area contributed by atoms with Crippen molar-refractivity contribution < 1.29 is 0 Å². The minimum absolute atomic E-state index is 0.710. The van der Waals surface area contributed by atoms with E-state index < -0.39 is 0 Å². The summed E-state index contributed by atoms with van der Waals surface area (Å²) in [4.78, 5) is 0. The van der Waals surface area contributed by atoms with Crippen molar-refractivity contribution in [2.24, 2.45) is 11.8 Å². The molecule has 1 aliphatic rings. The van der Waals surface area contributed by atoms with Crippen molar-refractivity contribution in [3.05, 3.63) is 34.9 Å². The van der Waals surface area contributed by atoms with Crippen LogP contribution in [0.15, 0.2) is 18.2 Å². The van der Waals surface area contributed by atoms with Crippen molar-refractivity contribution >= 4 is 0 Å². The van der Waals surface area contributed by atoms with Crippen LogP contribution < -0.4 is 5.32 Å². The Balaban J connectivity index is 2.19. The molecule has 18 heavy (non-hydrogen) atoms. The number of benzene rings is 1. The maximum absolute atomic E-state index is 3.58. The van der Waals surface area contributed by atoms with Gasteiger partial charge in [0.2, 0.25) is 0 Å². The van der Waals surface area contributed by atoms with Crippen LogP contribution in [0.3, 0.4) is 0 Å². The van der Waals surface area contributed by atoms with Crippen molar-refractivity contribution in [2.75, 3.05) is 6.54 Å². The van der Waals surface area contributed by atoms with Gasteiger partial charge in [-0.3, -0.25) is 0 Å². The van der Waals surface area contributed by atoms with Crippen LogP contribution in [-0.4, -0.2) is 6.54 Å². The second-order valence-electron chi connectivity index (χ2n) is 6.59. The highest BCUT2D eigenvalue weighted by Crippen LogP contribution is 2.30. The molecule has 1 atom stereocenters. The first-order valence-electron chi connectivity index (χ1n) is 7.38. The Morgan fingerprint density at radius 3 is 2.61 bits per heavy atom. The van der Waals surface area contributed by atoms with Gasteiger partial charge in [-0.05, 0) is 47.3 Å². The van der Waals surface area contributed by atoms with Crippen molar-refractivity contribution in [1.29, 1.82) is 0 Å². The van der Waals surface area contributed by atoms with Gasteiger partial charge in [0.1, 0.15) is 0 Å². The van der Waals surface area contributed by atoms with Gasteiger partial charge in [-0.2, -0.15) is 0 Å². The minimum atomic E-state index is 0.710. The molecule has 1 aliphatic heterocycles. The fourth-order valence-electron chi connectivity index (χ4n) is 3.08. The zero-order valence-electron chi connectivity index (χ0n) is 12.3. The van der Waals surface area contributed by atoms with E-state index in [1.54, 1.807) is 5.56 Å². The smallest absolute Gasteiger partial charge is 0.0208 e. The fourth-order valence-corrected chi connectivity index (χ4v) is 3.08. The van der Waals surface area contributed by atoms with Crippen molar-refractivity contribution in [3.8, 4) is 0 Å². The number of fused-ring (bicyclic) bond motifs is 1. The summed E-state index contributed by atoms with van der Waals surface area (Å²) in [6.45, 7) is 11.4. The predicted octanol–water partition coefficient (Wildman–Crippen LogP) is 4.12. The van der Waals surface area contributed by atoms with E-state index in [9.17, 15) is 0 Å². The Bertz CT molecular complexity index is 393. The first kappa shape index (κ1) is 13.6. The molecule has 0 aromatic heterocycles. The highest BCUT2D eigenvalue weighted by molar-refractivity contribution is 5.36. The summed E-state index contributed by atoms with van der Waals surface area (Å²) in [6.07, 6.45) is 2.49. The van der Waals surface area contributed by atoms with E-state index in [4.69, 9.17) is 0 Å². The van der Waals surface area contributed by atoms with E-state index in [1.807, 2.05) is 0 Å². The maximum atomic E-state index is 3.58. The monoisotopic (exact) mass is 245 g/mol. The SMILES string of the molecule is CC(C)Cc1ccc2c(c1)CNCC2CC(C)C. The van der Waals surface area contributed by atoms with E-state index in [1.165, 1.54) is 24.0 Å². The molecular formula is C17H27N. The van der Waals surface area contributed by atoms with E-state index in [0.29, 0.717) is 5.92 Å². The number of rotatable bonds is 4. The first-order chi connectivity index (χ1) is 8.56. The lowest BCUT2D eigenvalue weighted by atomic mass is 9.84. The number of hydrogen-bond donors (Lipinski definition) is 1. The van der Waals surface area contributed by atoms with Gasteiger partial charge in [0.15, 0.2) is 0 Å². The molecule has 1 N–H and O–H groups in total. The second-order valence-corrected chi connectivity index (χ2v) is 6.59. The van der Waals surface area contributed by atoms with Gasteiger partial charge < -0.3 is 5.32 Å². The lowest BCUT2D eigenvalue weighted by Gasteiger charge is -2.28. The lowest BCUT2D eigenvalue weighted by Crippen LogP contribution is -2.29. The topological polar surface area (TPSA) is 12.0 Å². The summed E-state index contributed by atoms with van der Waals surface area (Å²) in [7, 11) is 0. The molecule has 1 aromatic carbocycles. The molecule has 2 rings (SSSR count). The molecule has 1 aromatic rings. The van der Waals surface area contributed by atoms with Crippen LogP contribution in [0.1, 0.15) is 56.7 Å². The van der Waals surface area contributed by atoms with Crippen LogP contribution in [0.2, 0.25) is 0 Å². The summed E-state index contributed by atoms with van der Waals surface area (Å²) in [5.74, 6) is 2.23. The van der Waals surface area contributed by atoms with E-state index in [2.05, 4.69) is 51.2 Å². The van der Waals surface area contributed by atoms with Crippen molar-refractivity contribution in [3.63, 3.8) is 0 Å². The molecule has 0 aliphatic carbocycles. The summed E-state index contributed by atoms with van der Waals surface area (Å²) in [6, 6.07) is 7.16. The van der Waals surface area contributed by atoms with E-state index >= 15 is 0 Å². The summed E-state index contributed by atoms with van der Waals surface area (Å²) < 4.78 is 0. The Kier molecular flexibility index (Phi) is 4.45. The zero-order valence-corrected chi connectivity index (χ0v) is 12.3. The van der Waals surface area contributed by atoms with Crippen LogP contribution in [0.5, 0.6) is 0 Å². The Morgan fingerprint density at radius 2 is 1.94 bits per heavy atom. The maximum Gasteiger partial charge on any atom is 0.0208 e. The summed E-state index contributed by atoms with van der Waals surface area (Å²) in [5, 5.41) is 3.58. The highest BCUT2D eigenvalue weighted by atomic mass is 14.9. The summed E-state index contributed by atoms with van der Waals surface area (Å²) >= 11 is 0. The van der Waals surface area contributed by atoms with Gasteiger partial charge in [-0.1, -0.05) is 45.9 Å². The fraction of sp³-hybridized carbons (Fsp3) is 0.647. The lowest BCUT2D eigenvalue weighted by molar-refractivity contribution is 0.448. The largest absolute Gasteiger partial charge is 0.312 e. The van der Waals surface area contributed by atoms with Gasteiger partial charge in [0, 0.05) is 13.1 Å². The van der Waals surface area contributed by atoms with Crippen LogP contribution >= 0.6 is 0 Å². The van der Waals surface area contributed by atoms with Crippen LogP contribution in [0.4, 0.5) is 0 Å². The quantitative estimate of drug-likeness (QED) is 0.841. The highest BCUT2D eigenvalue weighted by Gasteiger charge is 2.20. The van der Waals surface area contributed by atoms with Gasteiger partial charge in [-0.25, -0.2) is 0 Å². The molecule has 1 nitrogen and oxygen atoms in total. The third-order valence-corrected chi connectivity index (χ3v) is 3.75. The Morgan fingerprint density at radius 1 is 1.17 bits per heavy atom. The standard InChI is InChI=1S/C17H27N/c1-12(2)7-14-5-6-17-15(8-13(3)4)10-18-11-16(17)9-14/h5-6,9,12-13,15,18H,7-8,10-11H2,1-4H3. The first-order valence-corrected chi connectivity index (χ1v) is 7.38. The average molecular weight is 245 g/mol. The molecule has 0 amide bonds. The number of hydrogen-bond acceptors (Lipinski definition) is 1. The molecule has 0 radical (unpaired) electrons. The molecule has 0 bridgehead atoms. The van der Waals surface area contributed by atoms with Gasteiger partial charge >= 0.3 is 0 Å². The van der Waals surface area contributed by atoms with E-state index in [0.717, 1.165) is 24.9 Å².